The number of ether oxygens (including phenoxy) is 1. The van der Waals surface area contributed by atoms with Gasteiger partial charge in [0.2, 0.25) is 5.88 Å². The van der Waals surface area contributed by atoms with E-state index in [0.29, 0.717) is 22.2 Å². The van der Waals surface area contributed by atoms with Crippen molar-refractivity contribution in [2.24, 2.45) is 0 Å². The third-order valence-corrected chi connectivity index (χ3v) is 4.48. The van der Waals surface area contributed by atoms with Gasteiger partial charge >= 0.3 is 6.18 Å². The highest BCUT2D eigenvalue weighted by molar-refractivity contribution is 5.87. The molecule has 0 bridgehead atoms. The minimum Gasteiger partial charge on any atom is -0.464 e. The normalized spacial score (nSPS) is 15.9. The highest BCUT2D eigenvalue weighted by Gasteiger charge is 2.38. The molecule has 0 amide bonds. The molecular weight excluding hydrogens is 369 g/mol. The van der Waals surface area contributed by atoms with Crippen LogP contribution in [-0.2, 0) is 0 Å². The number of hydrogen-bond acceptors (Lipinski definition) is 3. The van der Waals surface area contributed by atoms with E-state index >= 15 is 0 Å². The van der Waals surface area contributed by atoms with Crippen molar-refractivity contribution in [2.75, 3.05) is 0 Å². The molecule has 0 N–H and O–H groups in total. The molecule has 1 aliphatic rings. The molecule has 0 spiro atoms. The average Bonchev–Trinajstić information content (AvgIpc) is 3.37. The zero-order valence-electron chi connectivity index (χ0n) is 14.1. The van der Waals surface area contributed by atoms with Gasteiger partial charge in [-0.05, 0) is 31.9 Å². The number of halogens is 5. The average molecular weight is 383 g/mol. The predicted octanol–water partition coefficient (Wildman–Crippen LogP) is 5.04. The van der Waals surface area contributed by atoms with Crippen molar-refractivity contribution in [2.45, 2.75) is 38.1 Å². The molecule has 1 fully saturated rings. The fourth-order valence-corrected chi connectivity index (χ4v) is 2.96. The topological polar surface area (TPSA) is 39.9 Å². The van der Waals surface area contributed by atoms with E-state index in [-0.39, 0.29) is 11.9 Å². The lowest BCUT2D eigenvalue weighted by Gasteiger charge is -2.17. The lowest BCUT2D eigenvalue weighted by Crippen LogP contribution is -2.31. The summed E-state index contributed by atoms with van der Waals surface area (Å²) in [6, 6.07) is 5.35. The van der Waals surface area contributed by atoms with Gasteiger partial charge in [-0.3, -0.25) is 0 Å². The summed E-state index contributed by atoms with van der Waals surface area (Å²) >= 11 is 0. The first-order valence-corrected chi connectivity index (χ1v) is 8.30. The quantitative estimate of drug-likeness (QED) is 0.593. The van der Waals surface area contributed by atoms with E-state index < -0.39 is 23.9 Å². The fourth-order valence-electron chi connectivity index (χ4n) is 2.96. The molecule has 3 aromatic rings. The number of alkyl halides is 3. The Balaban J connectivity index is 1.78. The van der Waals surface area contributed by atoms with Gasteiger partial charge in [0.15, 0.2) is 17.7 Å². The summed E-state index contributed by atoms with van der Waals surface area (Å²) in [7, 11) is 0. The standard InChI is InChI=1S/C18H14F5N3O/c1-9(18(21,22)23)27-17-6-11(8-24-25-17)15-5-10-4-13(19)14(20)7-16(10)26(15)12-2-3-12/h4-9,12H,2-3H2,1H3. The molecule has 1 atom stereocenters. The van der Waals surface area contributed by atoms with Crippen LogP contribution in [0.3, 0.4) is 0 Å². The van der Waals surface area contributed by atoms with Gasteiger partial charge in [-0.1, -0.05) is 0 Å². The maximum atomic E-state index is 13.7. The third kappa shape index (κ3) is 3.33. The van der Waals surface area contributed by atoms with Crippen LogP contribution in [-0.4, -0.2) is 27.0 Å². The van der Waals surface area contributed by atoms with Gasteiger partial charge in [0.05, 0.1) is 17.4 Å². The Hall–Kier alpha value is -2.71. The summed E-state index contributed by atoms with van der Waals surface area (Å²) in [4.78, 5) is 0. The molecule has 1 aromatic carbocycles. The lowest BCUT2D eigenvalue weighted by molar-refractivity contribution is -0.190. The van der Waals surface area contributed by atoms with Gasteiger partial charge in [0.1, 0.15) is 0 Å². The zero-order chi connectivity index (χ0) is 19.3. The minimum absolute atomic E-state index is 0.119. The monoisotopic (exact) mass is 383 g/mol. The Bertz CT molecular complexity index is 1010. The third-order valence-electron chi connectivity index (χ3n) is 4.48. The Labute approximate surface area is 150 Å². The highest BCUT2D eigenvalue weighted by Crippen LogP contribution is 2.43. The predicted molar refractivity (Wildman–Crippen MR) is 87.3 cm³/mol. The molecule has 1 aliphatic carbocycles. The number of hydrogen-bond donors (Lipinski definition) is 0. The van der Waals surface area contributed by atoms with Crippen LogP contribution in [0.4, 0.5) is 22.0 Å². The first-order valence-electron chi connectivity index (χ1n) is 8.30. The number of benzene rings is 1. The van der Waals surface area contributed by atoms with E-state index in [4.69, 9.17) is 4.74 Å². The molecule has 0 aliphatic heterocycles. The van der Waals surface area contributed by atoms with E-state index in [1.807, 2.05) is 4.57 Å². The fraction of sp³-hybridized carbons (Fsp3) is 0.333. The van der Waals surface area contributed by atoms with Crippen molar-refractivity contribution in [1.29, 1.82) is 0 Å². The van der Waals surface area contributed by atoms with Crippen LogP contribution in [0.25, 0.3) is 22.2 Å². The smallest absolute Gasteiger partial charge is 0.425 e. The van der Waals surface area contributed by atoms with Crippen LogP contribution < -0.4 is 4.74 Å². The van der Waals surface area contributed by atoms with E-state index in [2.05, 4.69) is 10.2 Å². The molecule has 0 radical (unpaired) electrons. The SMILES string of the molecule is CC(Oc1cc(-c2cc3cc(F)c(F)cc3n2C2CC2)cnn1)C(F)(F)F. The molecule has 9 heteroatoms. The molecule has 1 saturated carbocycles. The summed E-state index contributed by atoms with van der Waals surface area (Å²) in [5.74, 6) is -2.19. The van der Waals surface area contributed by atoms with Crippen LogP contribution in [0.5, 0.6) is 5.88 Å². The first kappa shape index (κ1) is 17.7. The van der Waals surface area contributed by atoms with E-state index in [0.717, 1.165) is 31.9 Å². The molecule has 4 rings (SSSR count). The number of nitrogens with zero attached hydrogens (tertiary/aromatic N) is 3. The van der Waals surface area contributed by atoms with Crippen LogP contribution in [0.2, 0.25) is 0 Å². The number of fused-ring (bicyclic) bond motifs is 1. The van der Waals surface area contributed by atoms with Crippen molar-refractivity contribution >= 4 is 10.9 Å². The van der Waals surface area contributed by atoms with Crippen molar-refractivity contribution < 1.29 is 26.7 Å². The number of rotatable bonds is 4. The molecule has 142 valence electrons. The van der Waals surface area contributed by atoms with Crippen molar-refractivity contribution in [3.63, 3.8) is 0 Å². The van der Waals surface area contributed by atoms with Gasteiger partial charge in [-0.2, -0.15) is 18.3 Å². The van der Waals surface area contributed by atoms with E-state index in [1.54, 1.807) is 6.07 Å². The molecule has 1 unspecified atom stereocenters. The van der Waals surface area contributed by atoms with Gasteiger partial charge in [-0.15, -0.1) is 5.10 Å². The van der Waals surface area contributed by atoms with Crippen LogP contribution in [0, 0.1) is 11.6 Å². The summed E-state index contributed by atoms with van der Waals surface area (Å²) < 4.78 is 72.1. The van der Waals surface area contributed by atoms with Crippen LogP contribution in [0.15, 0.2) is 30.5 Å². The highest BCUT2D eigenvalue weighted by atomic mass is 19.4. The minimum atomic E-state index is -4.53. The van der Waals surface area contributed by atoms with Gasteiger partial charge in [-0.25, -0.2) is 8.78 Å². The molecule has 2 aromatic heterocycles. The van der Waals surface area contributed by atoms with Crippen molar-refractivity contribution in [1.82, 2.24) is 14.8 Å². The van der Waals surface area contributed by atoms with Crippen molar-refractivity contribution in [3.8, 4) is 17.1 Å². The Morgan fingerprint density at radius 3 is 2.48 bits per heavy atom. The summed E-state index contributed by atoms with van der Waals surface area (Å²) in [5.41, 5.74) is 1.57. The first-order chi connectivity index (χ1) is 12.7. The van der Waals surface area contributed by atoms with E-state index in [1.165, 1.54) is 12.3 Å². The maximum absolute atomic E-state index is 13.7. The number of aromatic nitrogens is 3. The van der Waals surface area contributed by atoms with E-state index in [9.17, 15) is 22.0 Å². The lowest BCUT2D eigenvalue weighted by atomic mass is 10.2. The second-order valence-electron chi connectivity index (χ2n) is 6.54. The second-order valence-corrected chi connectivity index (χ2v) is 6.54. The molecular formula is C18H14F5N3O. The summed E-state index contributed by atoms with van der Waals surface area (Å²) in [5, 5.41) is 7.81. The van der Waals surface area contributed by atoms with Gasteiger partial charge in [0, 0.05) is 29.1 Å². The molecule has 27 heavy (non-hydrogen) atoms. The van der Waals surface area contributed by atoms with Crippen LogP contribution in [0.1, 0.15) is 25.8 Å². The molecule has 4 nitrogen and oxygen atoms in total. The van der Waals surface area contributed by atoms with Gasteiger partial charge in [0.25, 0.3) is 0 Å². The Morgan fingerprint density at radius 2 is 1.81 bits per heavy atom. The molecule has 0 saturated heterocycles. The second kappa shape index (κ2) is 6.17. The Morgan fingerprint density at radius 1 is 1.11 bits per heavy atom. The zero-order valence-corrected chi connectivity index (χ0v) is 14.1. The van der Waals surface area contributed by atoms with Gasteiger partial charge < -0.3 is 9.30 Å². The Kier molecular flexibility index (Phi) is 4.05. The summed E-state index contributed by atoms with van der Waals surface area (Å²) in [6.07, 6.45) is -3.44. The maximum Gasteiger partial charge on any atom is 0.425 e. The summed E-state index contributed by atoms with van der Waals surface area (Å²) in [6.45, 7) is 0.876. The van der Waals surface area contributed by atoms with Crippen molar-refractivity contribution in [3.05, 3.63) is 42.1 Å². The molecule has 2 heterocycles. The largest absolute Gasteiger partial charge is 0.464 e. The van der Waals surface area contributed by atoms with Crippen LogP contribution >= 0.6 is 0 Å².